The predicted molar refractivity (Wildman–Crippen MR) is 119 cm³/mol. The molecule has 0 spiro atoms. The summed E-state index contributed by atoms with van der Waals surface area (Å²) in [6.45, 7) is 8.73. The maximum atomic E-state index is 13.5. The Morgan fingerprint density at radius 1 is 0.688 bits per heavy atom. The summed E-state index contributed by atoms with van der Waals surface area (Å²) in [6, 6.07) is 0. The predicted octanol–water partition coefficient (Wildman–Crippen LogP) is 7.29. The molecular weight excluding hydrogens is 455 g/mol. The number of ether oxygens (including phenoxy) is 3. The van der Waals surface area contributed by atoms with Crippen LogP contribution in [0, 0.1) is 5.92 Å². The summed E-state index contributed by atoms with van der Waals surface area (Å²) in [5.41, 5.74) is 0. The molecule has 0 aliphatic rings. The molecule has 0 saturated carbocycles. The highest BCUT2D eigenvalue weighted by molar-refractivity contribution is 7.62. The SMILES string of the molecule is CCCCCCCCC(CF)C(OCC)(OCC)OCC.CO[P+](OC)(OC)C(F)(F)F. The summed E-state index contributed by atoms with van der Waals surface area (Å²) >= 11 is 0. The van der Waals surface area contributed by atoms with Gasteiger partial charge in [0.2, 0.25) is 0 Å². The van der Waals surface area contributed by atoms with Crippen LogP contribution in [0.2, 0.25) is 0 Å². The van der Waals surface area contributed by atoms with Crippen molar-refractivity contribution in [3.05, 3.63) is 0 Å². The third-order valence-corrected chi connectivity index (χ3v) is 6.72. The van der Waals surface area contributed by atoms with Crippen LogP contribution in [0.1, 0.15) is 72.6 Å². The van der Waals surface area contributed by atoms with Crippen LogP contribution >= 0.6 is 7.94 Å². The highest BCUT2D eigenvalue weighted by Crippen LogP contribution is 2.72. The molecule has 1 atom stereocenters. The van der Waals surface area contributed by atoms with E-state index in [0.29, 0.717) is 19.8 Å². The minimum absolute atomic E-state index is 0.358. The zero-order chi connectivity index (χ0) is 25.1. The minimum atomic E-state index is -4.59. The first-order valence-electron chi connectivity index (χ1n) is 11.2. The molecule has 0 saturated heterocycles. The molecule has 11 heteroatoms. The molecule has 0 fully saturated rings. The first-order valence-corrected chi connectivity index (χ1v) is 12.8. The zero-order valence-corrected chi connectivity index (χ0v) is 21.7. The second-order valence-electron chi connectivity index (χ2n) is 6.82. The van der Waals surface area contributed by atoms with Gasteiger partial charge in [-0.05, 0) is 27.2 Å². The molecule has 0 aromatic heterocycles. The van der Waals surface area contributed by atoms with E-state index in [2.05, 4.69) is 20.5 Å². The standard InChI is InChI=1S/C17H35FO3.C4H9F3O3P/c1-5-9-10-11-12-13-14-16(15-18)17(19-6-2,20-7-3)21-8-4;1-8-11(9-2,10-3)4(5,6)7/h16H,5-15H2,1-4H3;1-3H3/q;+1. The van der Waals surface area contributed by atoms with Gasteiger partial charge < -0.3 is 14.2 Å². The van der Waals surface area contributed by atoms with E-state index in [1.165, 1.54) is 25.7 Å². The van der Waals surface area contributed by atoms with Gasteiger partial charge in [0.05, 0.1) is 33.9 Å². The van der Waals surface area contributed by atoms with Gasteiger partial charge >= 0.3 is 13.9 Å². The molecule has 0 rings (SSSR count). The molecule has 0 amide bonds. The third kappa shape index (κ3) is 11.9. The van der Waals surface area contributed by atoms with Crippen molar-refractivity contribution in [2.75, 3.05) is 47.8 Å². The molecule has 6 nitrogen and oxygen atoms in total. The van der Waals surface area contributed by atoms with Crippen LogP contribution in [-0.2, 0) is 27.8 Å². The number of hydrogen-bond donors (Lipinski definition) is 0. The molecule has 0 bridgehead atoms. The average Bonchev–Trinajstić information content (AvgIpc) is 2.75. The Morgan fingerprint density at radius 3 is 1.38 bits per heavy atom. The smallest absolute Gasteiger partial charge is 0.327 e. The summed E-state index contributed by atoms with van der Waals surface area (Å²) in [7, 11) is -1.43. The molecule has 0 aliphatic carbocycles. The van der Waals surface area contributed by atoms with Crippen molar-refractivity contribution >= 4 is 7.94 Å². The Hall–Kier alpha value is -0.0900. The van der Waals surface area contributed by atoms with Crippen LogP contribution in [0.4, 0.5) is 17.6 Å². The number of alkyl halides is 4. The topological polar surface area (TPSA) is 55.4 Å². The van der Waals surface area contributed by atoms with Crippen LogP contribution in [0.5, 0.6) is 0 Å². The monoisotopic (exact) mass is 499 g/mol. The molecule has 0 heterocycles. The number of halogens is 4. The Bertz CT molecular complexity index is 400. The maximum Gasteiger partial charge on any atom is 0.598 e. The Morgan fingerprint density at radius 2 is 1.09 bits per heavy atom. The Labute approximate surface area is 192 Å². The van der Waals surface area contributed by atoms with Gasteiger partial charge in [-0.15, -0.1) is 13.2 Å². The van der Waals surface area contributed by atoms with Crippen molar-refractivity contribution in [2.45, 2.75) is 84.5 Å². The molecule has 32 heavy (non-hydrogen) atoms. The van der Waals surface area contributed by atoms with Crippen LogP contribution < -0.4 is 0 Å². The van der Waals surface area contributed by atoms with E-state index in [1.54, 1.807) is 0 Å². The van der Waals surface area contributed by atoms with Crippen LogP contribution in [0.25, 0.3) is 0 Å². The molecule has 1 unspecified atom stereocenters. The van der Waals surface area contributed by atoms with Crippen molar-refractivity contribution < 1.29 is 45.3 Å². The van der Waals surface area contributed by atoms with Gasteiger partial charge in [0.1, 0.15) is 0 Å². The summed E-state index contributed by atoms with van der Waals surface area (Å²) in [5, 5.41) is 0. The molecule has 0 aliphatic heterocycles. The van der Waals surface area contributed by atoms with Gasteiger partial charge in [-0.2, -0.15) is 13.6 Å². The highest BCUT2D eigenvalue weighted by Gasteiger charge is 2.70. The van der Waals surface area contributed by atoms with Crippen molar-refractivity contribution in [2.24, 2.45) is 5.92 Å². The van der Waals surface area contributed by atoms with Crippen LogP contribution in [0.15, 0.2) is 0 Å². The van der Waals surface area contributed by atoms with Crippen molar-refractivity contribution in [1.82, 2.24) is 0 Å². The average molecular weight is 500 g/mol. The Balaban J connectivity index is 0. The quantitative estimate of drug-likeness (QED) is 0.0854. The fourth-order valence-corrected chi connectivity index (χ4v) is 4.20. The van der Waals surface area contributed by atoms with E-state index in [1.807, 2.05) is 20.8 Å². The van der Waals surface area contributed by atoms with Crippen LogP contribution in [0.3, 0.4) is 0 Å². The van der Waals surface area contributed by atoms with E-state index in [4.69, 9.17) is 14.2 Å². The highest BCUT2D eigenvalue weighted by atomic mass is 31.2. The van der Waals surface area contributed by atoms with E-state index in [-0.39, 0.29) is 5.92 Å². The van der Waals surface area contributed by atoms with Gasteiger partial charge in [0.15, 0.2) is 0 Å². The lowest BCUT2D eigenvalue weighted by Gasteiger charge is -2.37. The van der Waals surface area contributed by atoms with Gasteiger partial charge in [0.25, 0.3) is 5.97 Å². The van der Waals surface area contributed by atoms with Crippen molar-refractivity contribution in [1.29, 1.82) is 0 Å². The fraction of sp³-hybridized carbons (Fsp3) is 1.00. The van der Waals surface area contributed by atoms with E-state index < -0.39 is 26.5 Å². The number of hydrogen-bond acceptors (Lipinski definition) is 6. The zero-order valence-electron chi connectivity index (χ0n) is 20.8. The summed E-state index contributed by atoms with van der Waals surface area (Å²) in [5.74, 6) is -6.16. The minimum Gasteiger partial charge on any atom is -0.327 e. The van der Waals surface area contributed by atoms with Gasteiger partial charge in [-0.3, -0.25) is 4.39 Å². The Kier molecular flexibility index (Phi) is 20.5. The van der Waals surface area contributed by atoms with Gasteiger partial charge in [0, 0.05) is 19.8 Å². The maximum absolute atomic E-state index is 13.5. The molecule has 196 valence electrons. The van der Waals surface area contributed by atoms with Gasteiger partial charge in [-0.25, -0.2) is 0 Å². The lowest BCUT2D eigenvalue weighted by Crippen LogP contribution is -2.47. The normalized spacial score (nSPS) is 13.6. The number of unbranched alkanes of at least 4 members (excludes halogenated alkanes) is 5. The molecule has 0 aromatic carbocycles. The van der Waals surface area contributed by atoms with E-state index in [9.17, 15) is 17.6 Å². The van der Waals surface area contributed by atoms with Gasteiger partial charge in [-0.1, -0.05) is 45.4 Å². The lowest BCUT2D eigenvalue weighted by atomic mass is 9.98. The summed E-state index contributed by atoms with van der Waals surface area (Å²) < 4.78 is 79.1. The first-order chi connectivity index (χ1) is 15.1. The largest absolute Gasteiger partial charge is 0.598 e. The molecule has 0 N–H and O–H groups in total. The van der Waals surface area contributed by atoms with Crippen molar-refractivity contribution in [3.8, 4) is 0 Å². The van der Waals surface area contributed by atoms with E-state index >= 15 is 0 Å². The molecule has 0 aromatic rings. The summed E-state index contributed by atoms with van der Waals surface area (Å²) in [6.07, 6.45) is 7.89. The van der Waals surface area contributed by atoms with Crippen LogP contribution in [-0.4, -0.2) is 59.7 Å². The summed E-state index contributed by atoms with van der Waals surface area (Å²) in [4.78, 5) is 0. The second-order valence-corrected chi connectivity index (χ2v) is 9.42. The first kappa shape index (κ1) is 34.1. The third-order valence-electron chi connectivity index (χ3n) is 4.66. The molecular formula is C21H44F4O6P+. The second kappa shape index (κ2) is 19.2. The lowest BCUT2D eigenvalue weighted by molar-refractivity contribution is -0.403. The van der Waals surface area contributed by atoms with Crippen molar-refractivity contribution in [3.63, 3.8) is 0 Å². The fourth-order valence-electron chi connectivity index (χ4n) is 3.14. The molecule has 0 radical (unpaired) electrons. The van der Waals surface area contributed by atoms with E-state index in [0.717, 1.165) is 40.6 Å². The number of rotatable bonds is 18.